The van der Waals surface area contributed by atoms with Crippen LogP contribution in [-0.4, -0.2) is 11.8 Å². The predicted molar refractivity (Wildman–Crippen MR) is 87.6 cm³/mol. The molecule has 120 valence electrons. The number of benzene rings is 3. The molecule has 0 spiro atoms. The molecule has 0 aliphatic rings. The highest BCUT2D eigenvalue weighted by atomic mass is 19.1. The summed E-state index contributed by atoms with van der Waals surface area (Å²) in [7, 11) is 0. The molecule has 2 N–H and O–H groups in total. The SMILES string of the molecule is O=C(Nc1ccc(F)cc1F)C(=O)Nc1cccc2ccccc12. The Morgan fingerprint density at radius 1 is 0.750 bits per heavy atom. The van der Waals surface area contributed by atoms with Crippen molar-refractivity contribution in [1.82, 2.24) is 0 Å². The smallest absolute Gasteiger partial charge is 0.314 e. The van der Waals surface area contributed by atoms with Crippen LogP contribution in [0, 0.1) is 11.6 Å². The predicted octanol–water partition coefficient (Wildman–Crippen LogP) is 3.70. The molecule has 0 bridgehead atoms. The molecule has 0 radical (unpaired) electrons. The second-order valence-corrected chi connectivity index (χ2v) is 5.06. The first-order valence-electron chi connectivity index (χ1n) is 7.10. The molecule has 3 aromatic carbocycles. The highest BCUT2D eigenvalue weighted by Crippen LogP contribution is 2.23. The Hall–Kier alpha value is -3.28. The van der Waals surface area contributed by atoms with E-state index >= 15 is 0 Å². The minimum Gasteiger partial charge on any atom is -0.317 e. The Balaban J connectivity index is 1.77. The van der Waals surface area contributed by atoms with Gasteiger partial charge >= 0.3 is 11.8 Å². The van der Waals surface area contributed by atoms with E-state index in [1.807, 2.05) is 30.3 Å². The Morgan fingerprint density at radius 2 is 1.42 bits per heavy atom. The number of hydrogen-bond acceptors (Lipinski definition) is 2. The van der Waals surface area contributed by atoms with Crippen LogP contribution in [0.2, 0.25) is 0 Å². The number of rotatable bonds is 2. The summed E-state index contributed by atoms with van der Waals surface area (Å²) in [5.74, 6) is -3.73. The van der Waals surface area contributed by atoms with Gasteiger partial charge in [-0.1, -0.05) is 36.4 Å². The van der Waals surface area contributed by atoms with Crippen LogP contribution in [0.25, 0.3) is 10.8 Å². The zero-order chi connectivity index (χ0) is 17.1. The van der Waals surface area contributed by atoms with Crippen molar-refractivity contribution in [2.24, 2.45) is 0 Å². The van der Waals surface area contributed by atoms with E-state index in [-0.39, 0.29) is 5.69 Å². The third kappa shape index (κ3) is 3.22. The van der Waals surface area contributed by atoms with Gasteiger partial charge in [-0.3, -0.25) is 9.59 Å². The standard InChI is InChI=1S/C18H12F2N2O2/c19-12-8-9-16(14(20)10-12)22-18(24)17(23)21-15-7-3-5-11-4-1-2-6-13(11)15/h1-10H,(H,21,23)(H,22,24). The molecule has 0 unspecified atom stereocenters. The van der Waals surface area contributed by atoms with Gasteiger partial charge in [0.1, 0.15) is 11.6 Å². The number of amides is 2. The van der Waals surface area contributed by atoms with E-state index < -0.39 is 23.4 Å². The van der Waals surface area contributed by atoms with Gasteiger partial charge in [0.25, 0.3) is 0 Å². The molecule has 4 nitrogen and oxygen atoms in total. The van der Waals surface area contributed by atoms with Crippen molar-refractivity contribution in [2.45, 2.75) is 0 Å². The van der Waals surface area contributed by atoms with Gasteiger partial charge in [-0.15, -0.1) is 0 Å². The molecular weight excluding hydrogens is 314 g/mol. The molecule has 0 aliphatic carbocycles. The molecule has 24 heavy (non-hydrogen) atoms. The van der Waals surface area contributed by atoms with Gasteiger partial charge in [-0.2, -0.15) is 0 Å². The molecule has 3 rings (SSSR count). The number of nitrogens with one attached hydrogen (secondary N) is 2. The topological polar surface area (TPSA) is 58.2 Å². The van der Waals surface area contributed by atoms with E-state index in [9.17, 15) is 18.4 Å². The number of fused-ring (bicyclic) bond motifs is 1. The fourth-order valence-electron chi connectivity index (χ4n) is 2.28. The Kier molecular flexibility index (Phi) is 4.20. The fraction of sp³-hybridized carbons (Fsp3) is 0. The quantitative estimate of drug-likeness (QED) is 0.706. The highest BCUT2D eigenvalue weighted by Gasteiger charge is 2.17. The van der Waals surface area contributed by atoms with Crippen LogP contribution < -0.4 is 10.6 Å². The third-order valence-corrected chi connectivity index (χ3v) is 3.42. The van der Waals surface area contributed by atoms with Crippen LogP contribution >= 0.6 is 0 Å². The summed E-state index contributed by atoms with van der Waals surface area (Å²) in [4.78, 5) is 23.9. The summed E-state index contributed by atoms with van der Waals surface area (Å²) >= 11 is 0. The summed E-state index contributed by atoms with van der Waals surface area (Å²) in [6.45, 7) is 0. The second-order valence-electron chi connectivity index (χ2n) is 5.06. The normalized spacial score (nSPS) is 10.4. The molecule has 2 amide bonds. The largest absolute Gasteiger partial charge is 0.317 e. The first-order chi connectivity index (χ1) is 11.5. The van der Waals surface area contributed by atoms with Gasteiger partial charge in [0.2, 0.25) is 0 Å². The van der Waals surface area contributed by atoms with E-state index in [1.54, 1.807) is 12.1 Å². The van der Waals surface area contributed by atoms with E-state index in [0.29, 0.717) is 11.8 Å². The number of carbonyl (C=O) groups is 2. The van der Waals surface area contributed by atoms with Gasteiger partial charge < -0.3 is 10.6 Å². The van der Waals surface area contributed by atoms with Crippen LogP contribution in [0.3, 0.4) is 0 Å². The van der Waals surface area contributed by atoms with Crippen LogP contribution in [0.5, 0.6) is 0 Å². The van der Waals surface area contributed by atoms with Crippen molar-refractivity contribution < 1.29 is 18.4 Å². The zero-order valence-corrected chi connectivity index (χ0v) is 12.3. The van der Waals surface area contributed by atoms with Crippen LogP contribution in [0.1, 0.15) is 0 Å². The maximum absolute atomic E-state index is 13.5. The average Bonchev–Trinajstić information content (AvgIpc) is 2.57. The van der Waals surface area contributed by atoms with Crippen molar-refractivity contribution in [3.8, 4) is 0 Å². The monoisotopic (exact) mass is 326 g/mol. The molecule has 0 atom stereocenters. The van der Waals surface area contributed by atoms with Gasteiger partial charge in [-0.25, -0.2) is 8.78 Å². The molecule has 6 heteroatoms. The zero-order valence-electron chi connectivity index (χ0n) is 12.3. The molecular formula is C18H12F2N2O2. The Morgan fingerprint density at radius 3 is 2.17 bits per heavy atom. The van der Waals surface area contributed by atoms with Crippen molar-refractivity contribution >= 4 is 34.0 Å². The maximum atomic E-state index is 13.5. The minimum atomic E-state index is -1.05. The van der Waals surface area contributed by atoms with Crippen molar-refractivity contribution in [3.63, 3.8) is 0 Å². The average molecular weight is 326 g/mol. The molecule has 0 saturated heterocycles. The summed E-state index contributed by atoms with van der Waals surface area (Å²) < 4.78 is 26.4. The molecule has 0 fully saturated rings. The van der Waals surface area contributed by atoms with E-state index in [4.69, 9.17) is 0 Å². The number of carbonyl (C=O) groups excluding carboxylic acids is 2. The van der Waals surface area contributed by atoms with Crippen LogP contribution in [-0.2, 0) is 9.59 Å². The van der Waals surface area contributed by atoms with E-state index in [2.05, 4.69) is 10.6 Å². The van der Waals surface area contributed by atoms with Crippen molar-refractivity contribution in [2.75, 3.05) is 10.6 Å². The van der Waals surface area contributed by atoms with Crippen molar-refractivity contribution in [1.29, 1.82) is 0 Å². The van der Waals surface area contributed by atoms with Gasteiger partial charge in [0.05, 0.1) is 5.69 Å². The molecule has 0 aromatic heterocycles. The summed E-state index contributed by atoms with van der Waals surface area (Å²) in [5.41, 5.74) is 0.197. The Labute approximate surface area is 136 Å². The maximum Gasteiger partial charge on any atom is 0.314 e. The van der Waals surface area contributed by atoms with Crippen LogP contribution in [0.4, 0.5) is 20.2 Å². The molecule has 3 aromatic rings. The number of anilines is 2. The van der Waals surface area contributed by atoms with Gasteiger partial charge in [0, 0.05) is 17.1 Å². The lowest BCUT2D eigenvalue weighted by Gasteiger charge is -2.09. The molecule has 0 saturated carbocycles. The fourth-order valence-corrected chi connectivity index (χ4v) is 2.28. The second kappa shape index (κ2) is 6.45. The Bertz CT molecular complexity index is 936. The lowest BCUT2D eigenvalue weighted by Crippen LogP contribution is -2.29. The lowest BCUT2D eigenvalue weighted by atomic mass is 10.1. The summed E-state index contributed by atoms with van der Waals surface area (Å²) in [5, 5.41) is 6.28. The minimum absolute atomic E-state index is 0.269. The van der Waals surface area contributed by atoms with Gasteiger partial charge in [0.15, 0.2) is 0 Å². The number of hydrogen-bond donors (Lipinski definition) is 2. The molecule has 0 heterocycles. The molecule has 0 aliphatic heterocycles. The third-order valence-electron chi connectivity index (χ3n) is 3.42. The van der Waals surface area contributed by atoms with Gasteiger partial charge in [-0.05, 0) is 23.6 Å². The van der Waals surface area contributed by atoms with Crippen molar-refractivity contribution in [3.05, 3.63) is 72.3 Å². The first kappa shape index (κ1) is 15.6. The van der Waals surface area contributed by atoms with E-state index in [1.165, 1.54) is 0 Å². The first-order valence-corrected chi connectivity index (χ1v) is 7.10. The number of halogens is 2. The van der Waals surface area contributed by atoms with Crippen LogP contribution in [0.15, 0.2) is 60.7 Å². The highest BCUT2D eigenvalue weighted by molar-refractivity contribution is 6.44. The van der Waals surface area contributed by atoms with E-state index in [0.717, 1.165) is 22.9 Å². The lowest BCUT2D eigenvalue weighted by molar-refractivity contribution is -0.133. The summed E-state index contributed by atoms with van der Waals surface area (Å²) in [6.07, 6.45) is 0. The summed E-state index contributed by atoms with van der Waals surface area (Å²) in [6, 6.07) is 15.3.